The van der Waals surface area contributed by atoms with Crippen LogP contribution >= 0.6 is 0 Å². The Morgan fingerprint density at radius 1 is 1.26 bits per heavy atom. The van der Waals surface area contributed by atoms with E-state index in [1.165, 1.54) is 6.07 Å². The quantitative estimate of drug-likeness (QED) is 0.720. The van der Waals surface area contributed by atoms with Crippen LogP contribution in [0.25, 0.3) is 0 Å². The summed E-state index contributed by atoms with van der Waals surface area (Å²) in [4.78, 5) is 13.8. The summed E-state index contributed by atoms with van der Waals surface area (Å²) in [6.45, 7) is 5.78. The zero-order chi connectivity index (χ0) is 17.6. The number of halogens is 3. The van der Waals surface area contributed by atoms with Crippen molar-refractivity contribution in [2.45, 2.75) is 26.2 Å². The first-order valence-electron chi connectivity index (χ1n) is 7.30. The highest BCUT2D eigenvalue weighted by molar-refractivity contribution is 6.03. The molecule has 7 heteroatoms. The van der Waals surface area contributed by atoms with Crippen LogP contribution in [0.15, 0.2) is 18.2 Å². The summed E-state index contributed by atoms with van der Waals surface area (Å²) in [5, 5.41) is 5.71. The predicted molar refractivity (Wildman–Crippen MR) is 84.2 cm³/mol. The van der Waals surface area contributed by atoms with Crippen molar-refractivity contribution in [2.75, 3.05) is 24.5 Å². The van der Waals surface area contributed by atoms with E-state index < -0.39 is 17.6 Å². The van der Waals surface area contributed by atoms with Crippen molar-refractivity contribution in [3.8, 4) is 12.8 Å². The van der Waals surface area contributed by atoms with Crippen LogP contribution in [-0.2, 0) is 6.18 Å². The normalized spacial score (nSPS) is 19.0. The number of piperazine rings is 1. The number of nitrogens with one attached hydrogen (secondary N) is 2. The maximum Gasteiger partial charge on any atom is 0.417 e. The number of nitrogens with zero attached hydrogens (tertiary/aromatic N) is 1. The van der Waals surface area contributed by atoms with E-state index in [9.17, 15) is 18.0 Å². The van der Waals surface area contributed by atoms with E-state index in [2.05, 4.69) is 23.5 Å². The summed E-state index contributed by atoms with van der Waals surface area (Å²) in [6, 6.07) is 3.86. The van der Waals surface area contributed by atoms with Gasteiger partial charge in [0.2, 0.25) is 0 Å². The summed E-state index contributed by atoms with van der Waals surface area (Å²) < 4.78 is 38.9. The van der Waals surface area contributed by atoms with Crippen molar-refractivity contribution in [3.05, 3.63) is 29.3 Å². The highest BCUT2D eigenvalue weighted by atomic mass is 19.4. The third-order valence-electron chi connectivity index (χ3n) is 3.43. The molecule has 4 nitrogen and oxygen atoms in total. The molecule has 0 unspecified atom stereocenters. The van der Waals surface area contributed by atoms with Crippen molar-refractivity contribution < 1.29 is 18.0 Å². The Morgan fingerprint density at radius 3 is 2.52 bits per heavy atom. The van der Waals surface area contributed by atoms with E-state index in [1.807, 2.05) is 18.7 Å². The molecule has 2 aliphatic rings. The molecule has 0 radical (unpaired) electrons. The van der Waals surface area contributed by atoms with Crippen LogP contribution in [0, 0.1) is 12.8 Å². The Hall–Kier alpha value is -2.20. The highest BCUT2D eigenvalue weighted by Crippen LogP contribution is 2.38. The van der Waals surface area contributed by atoms with Crippen molar-refractivity contribution in [2.24, 2.45) is 0 Å². The number of benzene rings is 1. The molecular formula is C16H20F3N3O. The lowest BCUT2D eigenvalue weighted by molar-refractivity contribution is -0.137. The van der Waals surface area contributed by atoms with Gasteiger partial charge in [0.25, 0.3) is 5.91 Å². The number of hydrogen-bond donors (Lipinski definition) is 2. The van der Waals surface area contributed by atoms with E-state index in [0.29, 0.717) is 25.3 Å². The molecule has 1 aromatic carbocycles. The van der Waals surface area contributed by atoms with Crippen molar-refractivity contribution >= 4 is 11.6 Å². The number of alkyl halides is 3. The first-order chi connectivity index (χ1) is 11.0. The van der Waals surface area contributed by atoms with Crippen molar-refractivity contribution in [3.63, 3.8) is 0 Å². The minimum Gasteiger partial charge on any atom is -0.348 e. The Kier molecular flexibility index (Phi) is 6.46. The fourth-order valence-electron chi connectivity index (χ4n) is 2.60. The number of amides is 1. The zero-order valence-electron chi connectivity index (χ0n) is 13.1. The maximum absolute atomic E-state index is 13.0. The van der Waals surface area contributed by atoms with Crippen molar-refractivity contribution in [1.29, 1.82) is 0 Å². The maximum atomic E-state index is 13.0. The van der Waals surface area contributed by atoms with Crippen LogP contribution in [0.3, 0.4) is 0 Å². The van der Waals surface area contributed by atoms with Gasteiger partial charge < -0.3 is 15.5 Å². The second kappa shape index (κ2) is 7.88. The molecule has 1 amide bonds. The number of rotatable bonds is 0. The van der Waals surface area contributed by atoms with E-state index >= 15 is 0 Å². The molecule has 1 fully saturated rings. The molecule has 0 bridgehead atoms. The van der Waals surface area contributed by atoms with Crippen LogP contribution in [-0.4, -0.2) is 31.7 Å². The third kappa shape index (κ3) is 3.77. The molecule has 0 spiro atoms. The van der Waals surface area contributed by atoms with Gasteiger partial charge in [-0.25, -0.2) is 0 Å². The molecule has 23 heavy (non-hydrogen) atoms. The van der Waals surface area contributed by atoms with Crippen LogP contribution in [0.1, 0.15) is 29.8 Å². The topological polar surface area (TPSA) is 44.4 Å². The third-order valence-corrected chi connectivity index (χ3v) is 3.43. The van der Waals surface area contributed by atoms with Gasteiger partial charge in [-0.1, -0.05) is 19.9 Å². The molecule has 2 N–H and O–H groups in total. The molecule has 1 atom stereocenters. The molecule has 0 aliphatic carbocycles. The average Bonchev–Trinajstić information content (AvgIpc) is 2.57. The molecule has 2 aliphatic heterocycles. The number of carbonyl (C=O) groups excluding carboxylic acids is 1. The molecular weight excluding hydrogens is 307 g/mol. The first kappa shape index (κ1) is 18.8. The fraction of sp³-hybridized carbons (Fsp3) is 0.438. The predicted octanol–water partition coefficient (Wildman–Crippen LogP) is 2.46. The fourth-order valence-corrected chi connectivity index (χ4v) is 2.60. The van der Waals surface area contributed by atoms with Gasteiger partial charge in [-0.3, -0.25) is 4.79 Å². The minimum atomic E-state index is -4.52. The molecule has 1 aromatic rings. The van der Waals surface area contributed by atoms with E-state index in [-0.39, 0.29) is 11.7 Å². The lowest BCUT2D eigenvalue weighted by Crippen LogP contribution is -2.62. The molecule has 126 valence electrons. The number of hydrogen-bond acceptors (Lipinski definition) is 3. The van der Waals surface area contributed by atoms with Crippen LogP contribution in [0.5, 0.6) is 0 Å². The molecule has 0 saturated carbocycles. The summed E-state index contributed by atoms with van der Waals surface area (Å²) in [7, 11) is 0. The Morgan fingerprint density at radius 2 is 1.91 bits per heavy atom. The summed E-state index contributed by atoms with van der Waals surface area (Å²) in [6.07, 6.45) is 3.20. The summed E-state index contributed by atoms with van der Waals surface area (Å²) in [5.41, 5.74) is -0.780. The van der Waals surface area contributed by atoms with Gasteiger partial charge in [-0.05, 0) is 12.1 Å². The Labute approximate surface area is 134 Å². The number of terminal acetylenes is 1. The molecule has 1 saturated heterocycles. The average molecular weight is 327 g/mol. The van der Waals surface area contributed by atoms with Gasteiger partial charge in [0, 0.05) is 19.6 Å². The van der Waals surface area contributed by atoms with Gasteiger partial charge in [-0.15, -0.1) is 12.8 Å². The largest absolute Gasteiger partial charge is 0.417 e. The van der Waals surface area contributed by atoms with E-state index in [0.717, 1.165) is 6.07 Å². The van der Waals surface area contributed by atoms with E-state index in [1.54, 1.807) is 6.07 Å². The molecule has 2 heterocycles. The molecule has 0 aromatic heterocycles. The lowest BCUT2D eigenvalue weighted by Gasteiger charge is -2.42. The van der Waals surface area contributed by atoms with Crippen LogP contribution < -0.4 is 15.5 Å². The SMILES string of the molecule is C#C.CC.O=C1N[C@H]2CNCCN2c2cccc(C(F)(F)F)c21. The van der Waals surface area contributed by atoms with Crippen LogP contribution in [0.4, 0.5) is 18.9 Å². The summed E-state index contributed by atoms with van der Waals surface area (Å²) in [5.74, 6) is -0.659. The monoisotopic (exact) mass is 327 g/mol. The summed E-state index contributed by atoms with van der Waals surface area (Å²) >= 11 is 0. The second-order valence-electron chi connectivity index (χ2n) is 4.58. The highest BCUT2D eigenvalue weighted by Gasteiger charge is 2.41. The number of carbonyl (C=O) groups is 1. The van der Waals surface area contributed by atoms with Gasteiger partial charge in [0.1, 0.15) is 6.17 Å². The minimum absolute atomic E-state index is 0.270. The van der Waals surface area contributed by atoms with Gasteiger partial charge in [0.15, 0.2) is 0 Å². The van der Waals surface area contributed by atoms with E-state index in [4.69, 9.17) is 0 Å². The van der Waals surface area contributed by atoms with Gasteiger partial charge in [-0.2, -0.15) is 13.2 Å². The lowest BCUT2D eigenvalue weighted by atomic mass is 9.99. The van der Waals surface area contributed by atoms with Crippen LogP contribution in [0.2, 0.25) is 0 Å². The van der Waals surface area contributed by atoms with Crippen molar-refractivity contribution in [1.82, 2.24) is 10.6 Å². The smallest absolute Gasteiger partial charge is 0.348 e. The first-order valence-corrected chi connectivity index (χ1v) is 7.30. The standard InChI is InChI=1S/C12H12F3N3O.C2H6.C2H2/c13-12(14,15)7-2-1-3-8-10(7)11(19)17-9-6-16-4-5-18(8)9;2*1-2/h1-3,9,16H,4-6H2,(H,17,19);1-2H3;1-2H/t9-;;/m1../s1. The van der Waals surface area contributed by atoms with Gasteiger partial charge >= 0.3 is 6.18 Å². The number of anilines is 1. The number of fused-ring (bicyclic) bond motifs is 3. The Bertz CT molecular complexity index is 569. The Balaban J connectivity index is 0.000000615. The zero-order valence-corrected chi connectivity index (χ0v) is 13.1. The molecule has 3 rings (SSSR count). The second-order valence-corrected chi connectivity index (χ2v) is 4.58. The van der Waals surface area contributed by atoms with Gasteiger partial charge in [0.05, 0.1) is 16.8 Å².